The van der Waals surface area contributed by atoms with Gasteiger partial charge in [0.15, 0.2) is 18.9 Å². The molecule has 19 heteroatoms. The summed E-state index contributed by atoms with van der Waals surface area (Å²) < 4.78 is 34.4. The van der Waals surface area contributed by atoms with Crippen LogP contribution in [-0.4, -0.2) is 193 Å². The number of aliphatic hydroxyl groups is 11. The van der Waals surface area contributed by atoms with Gasteiger partial charge in [-0.05, 0) is 12.8 Å². The third-order valence-corrected chi connectivity index (χ3v) is 17.4. The van der Waals surface area contributed by atoms with Crippen molar-refractivity contribution in [2.45, 2.75) is 375 Å². The summed E-state index contributed by atoms with van der Waals surface area (Å²) in [5, 5.41) is 120. The first kappa shape index (κ1) is 76.0. The number of unbranched alkanes of at least 4 members (excludes halogenated alkanes) is 36. The van der Waals surface area contributed by atoms with Crippen molar-refractivity contribution in [1.82, 2.24) is 5.32 Å². The molecule has 12 N–H and O–H groups in total. The Morgan fingerprint density at radius 3 is 1.05 bits per heavy atom. The Kier molecular flexibility index (Phi) is 43.7. The van der Waals surface area contributed by atoms with E-state index < -0.39 is 124 Å². The van der Waals surface area contributed by atoms with Crippen molar-refractivity contribution in [2.24, 2.45) is 0 Å². The Bertz CT molecular complexity index is 1520. The van der Waals surface area contributed by atoms with Crippen molar-refractivity contribution in [2.75, 3.05) is 26.4 Å². The number of nitrogens with one attached hydrogen (secondary N) is 1. The van der Waals surface area contributed by atoms with E-state index in [-0.39, 0.29) is 18.9 Å². The zero-order chi connectivity index (χ0) is 60.5. The number of aliphatic hydroxyl groups excluding tert-OH is 11. The molecule has 3 rings (SSSR count). The molecule has 0 radical (unpaired) electrons. The molecule has 83 heavy (non-hydrogen) atoms. The average molecular weight is 1190 g/mol. The van der Waals surface area contributed by atoms with E-state index in [1.54, 1.807) is 0 Å². The van der Waals surface area contributed by atoms with Crippen LogP contribution in [0.25, 0.3) is 0 Å². The number of hydrogen-bond acceptors (Lipinski definition) is 18. The van der Waals surface area contributed by atoms with Gasteiger partial charge in [-0.2, -0.15) is 0 Å². The summed E-state index contributed by atoms with van der Waals surface area (Å²) in [6.45, 7) is 1.82. The van der Waals surface area contributed by atoms with Crippen LogP contribution >= 0.6 is 0 Å². The van der Waals surface area contributed by atoms with Crippen molar-refractivity contribution < 1.29 is 89.4 Å². The average Bonchev–Trinajstić information content (AvgIpc) is 3.26. The van der Waals surface area contributed by atoms with Gasteiger partial charge in [0.25, 0.3) is 0 Å². The van der Waals surface area contributed by atoms with Gasteiger partial charge in [0.2, 0.25) is 5.91 Å². The van der Waals surface area contributed by atoms with E-state index in [1.807, 2.05) is 0 Å². The highest BCUT2D eigenvalue weighted by molar-refractivity contribution is 5.76. The second-order valence-electron chi connectivity index (χ2n) is 24.7. The van der Waals surface area contributed by atoms with Crippen molar-refractivity contribution in [3.8, 4) is 0 Å². The molecule has 3 heterocycles. The van der Waals surface area contributed by atoms with Gasteiger partial charge in [-0.3, -0.25) is 4.79 Å². The molecule has 0 saturated carbocycles. The molecule has 0 aromatic rings. The van der Waals surface area contributed by atoms with Gasteiger partial charge in [-0.25, -0.2) is 0 Å². The highest BCUT2D eigenvalue weighted by Crippen LogP contribution is 2.33. The predicted octanol–water partition coefficient (Wildman–Crippen LogP) is 7.94. The lowest BCUT2D eigenvalue weighted by Crippen LogP contribution is -2.66. The fourth-order valence-electron chi connectivity index (χ4n) is 11.9. The Hall–Kier alpha value is -1.21. The zero-order valence-electron chi connectivity index (χ0n) is 51.7. The number of rotatable bonds is 52. The summed E-state index contributed by atoms with van der Waals surface area (Å²) in [5.74, 6) is -0.239. The number of amides is 1. The standard InChI is InChI=1S/C64H123NO18/c1-3-5-7-9-11-13-15-17-18-19-20-21-22-23-24-25-26-27-28-29-30-31-33-35-37-39-41-48(69)47(65-52(70)42-40-38-36-34-32-16-14-12-10-8-6-4-2)46-78-62-58(76)55(73)60(50(44-67)80-62)83-64-59(77)56(74)61(51(45-68)81-64)82-63-57(75)54(72)53(71)49(43-66)79-63/h47-51,53-64,66-69,71-77H,3-46H2,1-2H3,(H,65,70). The number of carbonyl (C=O) groups excluding carboxylic acids is 1. The van der Waals surface area contributed by atoms with Crippen molar-refractivity contribution in [3.05, 3.63) is 0 Å². The van der Waals surface area contributed by atoms with Gasteiger partial charge in [0.1, 0.15) is 73.2 Å². The second kappa shape index (κ2) is 47.7. The topological polar surface area (TPSA) is 307 Å². The van der Waals surface area contributed by atoms with E-state index in [1.165, 1.54) is 193 Å². The molecular formula is C64H123NO18. The molecule has 1 amide bonds. The summed E-state index contributed by atoms with van der Waals surface area (Å²) >= 11 is 0. The Balaban J connectivity index is 1.41. The van der Waals surface area contributed by atoms with Gasteiger partial charge in [-0.1, -0.05) is 251 Å². The number of hydrogen-bond donors (Lipinski definition) is 12. The molecule has 0 spiro atoms. The monoisotopic (exact) mass is 1190 g/mol. The summed E-state index contributed by atoms with van der Waals surface area (Å²) in [6, 6.07) is -0.880. The minimum Gasteiger partial charge on any atom is -0.394 e. The first-order valence-corrected chi connectivity index (χ1v) is 33.8. The summed E-state index contributed by atoms with van der Waals surface area (Å²) in [5.41, 5.74) is 0. The summed E-state index contributed by atoms with van der Waals surface area (Å²) in [4.78, 5) is 13.3. The molecule has 17 unspecified atom stereocenters. The van der Waals surface area contributed by atoms with E-state index in [2.05, 4.69) is 19.2 Å². The summed E-state index contributed by atoms with van der Waals surface area (Å²) in [6.07, 6.45) is 22.0. The minimum atomic E-state index is -1.97. The Morgan fingerprint density at radius 1 is 0.386 bits per heavy atom. The maximum absolute atomic E-state index is 13.3. The molecule has 0 bridgehead atoms. The molecule has 0 aromatic carbocycles. The lowest BCUT2D eigenvalue weighted by molar-refractivity contribution is -0.379. The zero-order valence-corrected chi connectivity index (χ0v) is 51.7. The number of carbonyl (C=O) groups is 1. The molecule has 19 nitrogen and oxygen atoms in total. The molecule has 3 fully saturated rings. The molecule has 0 aliphatic carbocycles. The molecular weight excluding hydrogens is 1070 g/mol. The van der Waals surface area contributed by atoms with Crippen LogP contribution in [0.5, 0.6) is 0 Å². The predicted molar refractivity (Wildman–Crippen MR) is 319 cm³/mol. The van der Waals surface area contributed by atoms with Gasteiger partial charge in [0.05, 0.1) is 38.6 Å². The second-order valence-corrected chi connectivity index (χ2v) is 24.7. The van der Waals surface area contributed by atoms with Crippen LogP contribution < -0.4 is 5.32 Å². The maximum Gasteiger partial charge on any atom is 0.220 e. The minimum absolute atomic E-state index is 0.239. The Labute approximate surface area is 500 Å². The lowest BCUT2D eigenvalue weighted by Gasteiger charge is -2.48. The molecule has 3 aliphatic rings. The van der Waals surface area contributed by atoms with E-state index in [9.17, 15) is 61.0 Å². The largest absolute Gasteiger partial charge is 0.394 e. The van der Waals surface area contributed by atoms with Crippen LogP contribution in [0, 0.1) is 0 Å². The maximum atomic E-state index is 13.3. The summed E-state index contributed by atoms with van der Waals surface area (Å²) in [7, 11) is 0. The molecule has 3 aliphatic heterocycles. The van der Waals surface area contributed by atoms with Crippen LogP contribution in [-0.2, 0) is 33.2 Å². The smallest absolute Gasteiger partial charge is 0.220 e. The quantitative estimate of drug-likeness (QED) is 0.0257. The highest BCUT2D eigenvalue weighted by Gasteiger charge is 2.53. The number of ether oxygens (including phenoxy) is 6. The normalized spacial score (nSPS) is 29.3. The van der Waals surface area contributed by atoms with E-state index >= 15 is 0 Å². The van der Waals surface area contributed by atoms with Crippen LogP contribution in [0.1, 0.15) is 271 Å². The third-order valence-electron chi connectivity index (χ3n) is 17.4. The molecule has 492 valence electrons. The van der Waals surface area contributed by atoms with Gasteiger partial charge in [-0.15, -0.1) is 0 Å². The van der Waals surface area contributed by atoms with E-state index in [0.717, 1.165) is 44.9 Å². The van der Waals surface area contributed by atoms with Crippen LogP contribution in [0.15, 0.2) is 0 Å². The van der Waals surface area contributed by atoms with E-state index in [0.29, 0.717) is 12.8 Å². The molecule has 3 saturated heterocycles. The fourth-order valence-corrected chi connectivity index (χ4v) is 11.9. The third kappa shape index (κ3) is 30.7. The van der Waals surface area contributed by atoms with Crippen LogP contribution in [0.3, 0.4) is 0 Å². The van der Waals surface area contributed by atoms with Gasteiger partial charge >= 0.3 is 0 Å². The molecule has 0 aromatic heterocycles. The van der Waals surface area contributed by atoms with Gasteiger partial charge in [0, 0.05) is 6.42 Å². The van der Waals surface area contributed by atoms with Crippen molar-refractivity contribution >= 4 is 5.91 Å². The molecule has 17 atom stereocenters. The SMILES string of the molecule is CCCCCCCCCCCCCCCCCCCCCCCCCCCCC(O)C(COC1OC(CO)C(OC2OC(CO)C(OC3OC(CO)C(O)C(O)C3O)C(O)C2O)C(O)C1O)NC(=O)CCCCCCCCCCCCCC. The highest BCUT2D eigenvalue weighted by atomic mass is 16.8. The first-order valence-electron chi connectivity index (χ1n) is 33.8. The Morgan fingerprint density at radius 2 is 0.687 bits per heavy atom. The van der Waals surface area contributed by atoms with Crippen LogP contribution in [0.4, 0.5) is 0 Å². The lowest BCUT2D eigenvalue weighted by atomic mass is 9.96. The first-order chi connectivity index (χ1) is 40.3. The van der Waals surface area contributed by atoms with Crippen LogP contribution in [0.2, 0.25) is 0 Å². The fraction of sp³-hybridized carbons (Fsp3) is 0.984. The van der Waals surface area contributed by atoms with Crippen molar-refractivity contribution in [3.63, 3.8) is 0 Å². The van der Waals surface area contributed by atoms with Crippen molar-refractivity contribution in [1.29, 1.82) is 0 Å². The van der Waals surface area contributed by atoms with Gasteiger partial charge < -0.3 is 89.9 Å². The van der Waals surface area contributed by atoms with E-state index in [4.69, 9.17) is 28.4 Å².